The predicted molar refractivity (Wildman–Crippen MR) is 71.7 cm³/mol. The van der Waals surface area contributed by atoms with Gasteiger partial charge in [0.25, 0.3) is 0 Å². The highest BCUT2D eigenvalue weighted by Crippen LogP contribution is 2.25. The lowest BCUT2D eigenvalue weighted by molar-refractivity contribution is 0.0600. The molecule has 7 nitrogen and oxygen atoms in total. The van der Waals surface area contributed by atoms with E-state index in [2.05, 4.69) is 20.4 Å². The van der Waals surface area contributed by atoms with Crippen LogP contribution in [0.1, 0.15) is 16.1 Å². The first-order chi connectivity index (χ1) is 9.61. The van der Waals surface area contributed by atoms with Gasteiger partial charge in [-0.3, -0.25) is 9.50 Å². The molecule has 0 saturated carbocycles. The zero-order valence-corrected chi connectivity index (χ0v) is 11.5. The van der Waals surface area contributed by atoms with Gasteiger partial charge in [-0.05, 0) is 13.0 Å². The van der Waals surface area contributed by atoms with E-state index in [0.717, 1.165) is 11.3 Å². The van der Waals surface area contributed by atoms with Gasteiger partial charge in [0.2, 0.25) is 0 Å². The number of methoxy groups -OCH3 is 1. The Morgan fingerprint density at radius 3 is 2.90 bits per heavy atom. The van der Waals surface area contributed by atoms with Crippen molar-refractivity contribution >= 4 is 23.2 Å². The third kappa shape index (κ3) is 1.83. The van der Waals surface area contributed by atoms with Crippen LogP contribution in [0, 0.1) is 6.92 Å². The summed E-state index contributed by atoms with van der Waals surface area (Å²) in [6.45, 7) is 1.87. The number of carbonyl (C=O) groups excluding carboxylic acids is 1. The number of hydrogen-bond donors (Lipinski definition) is 1. The molecule has 0 amide bonds. The molecule has 20 heavy (non-hydrogen) atoms. The third-order valence-electron chi connectivity index (χ3n) is 2.95. The average Bonchev–Trinajstić information content (AvgIpc) is 3.03. The number of nitrogens with one attached hydrogen (secondary N) is 1. The standard InChI is InChI=1S/C12H10ClN5O2/c1-6-8(4-14-15-6)10-16-17-11-9(13)3-7(5-18(10)11)12(19)20-2/h3-5H,1-2H3,(H,14,15). The smallest absolute Gasteiger partial charge is 0.339 e. The number of aromatic amines is 1. The van der Waals surface area contributed by atoms with Crippen molar-refractivity contribution in [2.75, 3.05) is 7.11 Å². The van der Waals surface area contributed by atoms with Crippen LogP contribution in [0.15, 0.2) is 18.5 Å². The Balaban J connectivity index is 2.28. The number of ether oxygens (including phenoxy) is 1. The van der Waals surface area contributed by atoms with Crippen molar-refractivity contribution in [3.8, 4) is 11.4 Å². The van der Waals surface area contributed by atoms with Crippen LogP contribution in [0.4, 0.5) is 0 Å². The van der Waals surface area contributed by atoms with Gasteiger partial charge in [0.05, 0.1) is 29.5 Å². The average molecular weight is 292 g/mol. The SMILES string of the molecule is COC(=O)c1cc(Cl)c2nnc(-c3cn[nH]c3C)n2c1. The molecule has 0 radical (unpaired) electrons. The summed E-state index contributed by atoms with van der Waals surface area (Å²) in [5, 5.41) is 15.2. The largest absolute Gasteiger partial charge is 0.465 e. The van der Waals surface area contributed by atoms with Crippen LogP contribution in [0.2, 0.25) is 5.02 Å². The first-order valence-electron chi connectivity index (χ1n) is 5.74. The fraction of sp³-hybridized carbons (Fsp3) is 0.167. The van der Waals surface area contributed by atoms with Crippen LogP contribution in [-0.2, 0) is 4.74 Å². The van der Waals surface area contributed by atoms with E-state index in [-0.39, 0.29) is 0 Å². The Morgan fingerprint density at radius 2 is 2.25 bits per heavy atom. The van der Waals surface area contributed by atoms with Crippen LogP contribution < -0.4 is 0 Å². The predicted octanol–water partition coefficient (Wildman–Crippen LogP) is 1.87. The van der Waals surface area contributed by atoms with Gasteiger partial charge in [0.15, 0.2) is 11.5 Å². The minimum absolute atomic E-state index is 0.326. The first kappa shape index (κ1) is 12.6. The van der Waals surface area contributed by atoms with Crippen molar-refractivity contribution in [1.82, 2.24) is 24.8 Å². The van der Waals surface area contributed by atoms with Crippen molar-refractivity contribution < 1.29 is 9.53 Å². The zero-order chi connectivity index (χ0) is 14.3. The quantitative estimate of drug-likeness (QED) is 0.729. The second-order valence-electron chi connectivity index (χ2n) is 4.19. The van der Waals surface area contributed by atoms with Crippen LogP contribution in [0.3, 0.4) is 0 Å². The molecule has 1 N–H and O–H groups in total. The molecule has 0 spiro atoms. The summed E-state index contributed by atoms with van der Waals surface area (Å²) >= 11 is 6.12. The summed E-state index contributed by atoms with van der Waals surface area (Å²) in [6, 6.07) is 1.50. The number of nitrogens with zero attached hydrogens (tertiary/aromatic N) is 4. The Labute approximate surface area is 118 Å². The molecule has 102 valence electrons. The molecule has 0 unspecified atom stereocenters. The number of aryl methyl sites for hydroxylation is 1. The Bertz CT molecular complexity index is 807. The number of esters is 1. The molecule has 0 atom stereocenters. The van der Waals surface area contributed by atoms with Gasteiger partial charge in [-0.1, -0.05) is 11.6 Å². The molecule has 0 aliphatic rings. The van der Waals surface area contributed by atoms with E-state index in [1.165, 1.54) is 13.2 Å². The highest BCUT2D eigenvalue weighted by Gasteiger charge is 2.17. The minimum atomic E-state index is -0.475. The van der Waals surface area contributed by atoms with Gasteiger partial charge in [-0.25, -0.2) is 4.79 Å². The van der Waals surface area contributed by atoms with Gasteiger partial charge >= 0.3 is 5.97 Å². The van der Waals surface area contributed by atoms with Crippen molar-refractivity contribution in [2.24, 2.45) is 0 Å². The number of carbonyl (C=O) groups is 1. The molecule has 0 aliphatic heterocycles. The molecular formula is C12H10ClN5O2. The molecule has 3 aromatic rings. The van der Waals surface area contributed by atoms with Gasteiger partial charge in [-0.15, -0.1) is 10.2 Å². The van der Waals surface area contributed by atoms with Crippen LogP contribution >= 0.6 is 11.6 Å². The fourth-order valence-electron chi connectivity index (χ4n) is 1.94. The van der Waals surface area contributed by atoms with Crippen LogP contribution in [0.5, 0.6) is 0 Å². The van der Waals surface area contributed by atoms with E-state index < -0.39 is 5.97 Å². The van der Waals surface area contributed by atoms with E-state index in [4.69, 9.17) is 16.3 Å². The number of rotatable bonds is 2. The minimum Gasteiger partial charge on any atom is -0.465 e. The second kappa shape index (κ2) is 4.61. The third-order valence-corrected chi connectivity index (χ3v) is 3.23. The van der Waals surface area contributed by atoms with E-state index in [1.807, 2.05) is 6.92 Å². The Kier molecular flexibility index (Phi) is 2.90. The monoisotopic (exact) mass is 291 g/mol. The maximum atomic E-state index is 11.6. The van der Waals surface area contributed by atoms with Gasteiger partial charge in [0, 0.05) is 11.9 Å². The van der Waals surface area contributed by atoms with Crippen molar-refractivity contribution in [1.29, 1.82) is 0 Å². The van der Waals surface area contributed by atoms with E-state index in [1.54, 1.807) is 16.8 Å². The summed E-state index contributed by atoms with van der Waals surface area (Å²) in [5.74, 6) is 0.0799. The highest BCUT2D eigenvalue weighted by atomic mass is 35.5. The van der Waals surface area contributed by atoms with E-state index in [9.17, 15) is 4.79 Å². The summed E-state index contributed by atoms with van der Waals surface area (Å²) in [6.07, 6.45) is 3.24. The second-order valence-corrected chi connectivity index (χ2v) is 4.60. The first-order valence-corrected chi connectivity index (χ1v) is 6.12. The highest BCUT2D eigenvalue weighted by molar-refractivity contribution is 6.33. The Morgan fingerprint density at radius 1 is 1.45 bits per heavy atom. The molecule has 3 rings (SSSR count). The maximum Gasteiger partial charge on any atom is 0.339 e. The number of aromatic nitrogens is 5. The van der Waals surface area contributed by atoms with Gasteiger partial charge in [-0.2, -0.15) is 5.10 Å². The normalized spacial score (nSPS) is 10.9. The molecule has 0 fully saturated rings. The van der Waals surface area contributed by atoms with Crippen LogP contribution in [0.25, 0.3) is 17.0 Å². The molecular weight excluding hydrogens is 282 g/mol. The van der Waals surface area contributed by atoms with Crippen LogP contribution in [-0.4, -0.2) is 37.9 Å². The van der Waals surface area contributed by atoms with E-state index in [0.29, 0.717) is 22.1 Å². The number of pyridine rings is 1. The number of halogens is 1. The molecule has 3 heterocycles. The molecule has 0 aliphatic carbocycles. The van der Waals surface area contributed by atoms with Crippen molar-refractivity contribution in [2.45, 2.75) is 6.92 Å². The summed E-state index contributed by atoms with van der Waals surface area (Å²) < 4.78 is 6.35. The maximum absolute atomic E-state index is 11.6. The molecule has 0 saturated heterocycles. The number of hydrogen-bond acceptors (Lipinski definition) is 5. The lowest BCUT2D eigenvalue weighted by atomic mass is 10.2. The van der Waals surface area contributed by atoms with Crippen molar-refractivity contribution in [3.05, 3.63) is 34.7 Å². The van der Waals surface area contributed by atoms with E-state index >= 15 is 0 Å². The summed E-state index contributed by atoms with van der Waals surface area (Å²) in [5.41, 5.74) is 2.43. The molecule has 3 aromatic heterocycles. The lowest BCUT2D eigenvalue weighted by Crippen LogP contribution is -2.04. The molecule has 0 aromatic carbocycles. The number of fused-ring (bicyclic) bond motifs is 1. The van der Waals surface area contributed by atoms with Gasteiger partial charge in [0.1, 0.15) is 0 Å². The molecule has 0 bridgehead atoms. The molecule has 8 heteroatoms. The Hall–Kier alpha value is -2.41. The topological polar surface area (TPSA) is 85.2 Å². The van der Waals surface area contributed by atoms with Crippen molar-refractivity contribution in [3.63, 3.8) is 0 Å². The summed E-state index contributed by atoms with van der Waals surface area (Å²) in [7, 11) is 1.31. The van der Waals surface area contributed by atoms with Gasteiger partial charge < -0.3 is 4.74 Å². The fourth-order valence-corrected chi connectivity index (χ4v) is 2.19. The summed E-state index contributed by atoms with van der Waals surface area (Å²) in [4.78, 5) is 11.6. The number of H-pyrrole nitrogens is 1. The lowest BCUT2D eigenvalue weighted by Gasteiger charge is -2.03. The zero-order valence-electron chi connectivity index (χ0n) is 10.7.